The van der Waals surface area contributed by atoms with Gasteiger partial charge >= 0.3 is 0 Å². The lowest BCUT2D eigenvalue weighted by molar-refractivity contribution is 0.552. The predicted molar refractivity (Wildman–Crippen MR) is 66.1 cm³/mol. The maximum atomic E-state index is 6.34. The Hall–Kier alpha value is 0.134. The van der Waals surface area contributed by atoms with Crippen molar-refractivity contribution in [3.05, 3.63) is 12.3 Å². The maximum Gasteiger partial charge on any atom is 0.187 e. The first-order valence-electron chi connectivity index (χ1n) is 5.48. The summed E-state index contributed by atoms with van der Waals surface area (Å²) in [5, 5.41) is 0. The molecule has 13 heavy (non-hydrogen) atoms. The summed E-state index contributed by atoms with van der Waals surface area (Å²) in [6.45, 7) is 12.9. The number of hydrogen-bond acceptors (Lipinski definition) is 1. The van der Waals surface area contributed by atoms with Gasteiger partial charge in [-0.15, -0.1) is 6.58 Å². The van der Waals surface area contributed by atoms with Crippen molar-refractivity contribution in [2.75, 3.05) is 0 Å². The summed E-state index contributed by atoms with van der Waals surface area (Å²) in [6.07, 6.45) is 0. The van der Waals surface area contributed by atoms with Crippen LogP contribution in [0.25, 0.3) is 0 Å². The van der Waals surface area contributed by atoms with Crippen LogP contribution in [0.5, 0.6) is 0 Å². The summed E-state index contributed by atoms with van der Waals surface area (Å²) >= 11 is 0. The van der Waals surface area contributed by atoms with Crippen LogP contribution in [0.2, 0.25) is 24.2 Å². The van der Waals surface area contributed by atoms with E-state index in [2.05, 4.69) is 40.0 Å². The highest BCUT2D eigenvalue weighted by Gasteiger charge is 2.30. The summed E-state index contributed by atoms with van der Waals surface area (Å²) in [5.41, 5.74) is 2.09. The second-order valence-corrected chi connectivity index (χ2v) is 11.3. The first-order chi connectivity index (χ1) is 6.17. The lowest BCUT2D eigenvalue weighted by Crippen LogP contribution is -2.40. The van der Waals surface area contributed by atoms with Crippen molar-refractivity contribution < 1.29 is 4.12 Å². The molecular weight excluding hydrogens is 192 g/mol. The second kappa shape index (κ2) is 6.57. The quantitative estimate of drug-likeness (QED) is 0.592. The van der Waals surface area contributed by atoms with Gasteiger partial charge in [-0.05, 0) is 24.2 Å². The molecule has 0 aliphatic rings. The van der Waals surface area contributed by atoms with Gasteiger partial charge in [0, 0.05) is 0 Å². The molecule has 0 spiro atoms. The van der Waals surface area contributed by atoms with Crippen LogP contribution < -0.4 is 0 Å². The Bertz CT molecular complexity index is 136. The van der Waals surface area contributed by atoms with Crippen LogP contribution in [0.1, 0.15) is 27.7 Å². The summed E-state index contributed by atoms with van der Waals surface area (Å²) in [5.74, 6) is 0. The molecule has 0 aliphatic carbocycles. The Kier molecular flexibility index (Phi) is 6.63. The van der Waals surface area contributed by atoms with Gasteiger partial charge in [-0.3, -0.25) is 0 Å². The Morgan fingerprint density at radius 2 is 1.62 bits per heavy atom. The van der Waals surface area contributed by atoms with Gasteiger partial charge < -0.3 is 4.12 Å². The zero-order valence-corrected chi connectivity index (χ0v) is 11.8. The van der Waals surface area contributed by atoms with Gasteiger partial charge in [-0.2, -0.15) is 0 Å². The van der Waals surface area contributed by atoms with Crippen LogP contribution in [-0.2, 0) is 4.12 Å². The fourth-order valence-electron chi connectivity index (χ4n) is 1.62. The summed E-state index contributed by atoms with van der Waals surface area (Å²) in [6, 6.07) is 4.98. The predicted octanol–water partition coefficient (Wildman–Crippen LogP) is 3.48. The summed E-state index contributed by atoms with van der Waals surface area (Å²) < 4.78 is 6.34. The zero-order chi connectivity index (χ0) is 10.3. The average molecular weight is 216 g/mol. The molecule has 1 unspecified atom stereocenters. The van der Waals surface area contributed by atoms with Crippen LogP contribution in [0.4, 0.5) is 0 Å². The molecule has 0 fully saturated rings. The monoisotopic (exact) mass is 216 g/mol. The molecule has 0 aromatic carbocycles. The van der Waals surface area contributed by atoms with E-state index in [1.807, 2.05) is 0 Å². The largest absolute Gasteiger partial charge is 0.454 e. The number of hydrogen-bond donors (Lipinski definition) is 0. The Labute approximate surface area is 86.1 Å². The van der Waals surface area contributed by atoms with Gasteiger partial charge in [0.1, 0.15) is 0 Å². The van der Waals surface area contributed by atoms with Gasteiger partial charge in [0.25, 0.3) is 0 Å². The van der Waals surface area contributed by atoms with Crippen LogP contribution in [0, 0.1) is 0 Å². The van der Waals surface area contributed by atoms with E-state index in [-0.39, 0.29) is 0 Å². The van der Waals surface area contributed by atoms with Crippen molar-refractivity contribution in [3.63, 3.8) is 0 Å². The molecule has 0 bridgehead atoms. The van der Waals surface area contributed by atoms with Gasteiger partial charge in [0.05, 0.1) is 0 Å². The lowest BCUT2D eigenvalue weighted by Gasteiger charge is -2.31. The van der Waals surface area contributed by atoms with Crippen molar-refractivity contribution in [1.82, 2.24) is 0 Å². The molecular formula is C10H24OSi2. The third kappa shape index (κ3) is 3.79. The maximum absolute atomic E-state index is 6.34. The minimum Gasteiger partial charge on any atom is -0.454 e. The Balaban J connectivity index is 4.29. The van der Waals surface area contributed by atoms with Gasteiger partial charge in [0.2, 0.25) is 0 Å². The molecule has 0 radical (unpaired) electrons. The highest BCUT2D eigenvalue weighted by molar-refractivity contribution is 6.81. The van der Waals surface area contributed by atoms with Crippen LogP contribution in [0.15, 0.2) is 12.3 Å². The van der Waals surface area contributed by atoms with E-state index >= 15 is 0 Å². The third-order valence-corrected chi connectivity index (χ3v) is 11.4. The molecule has 0 amide bonds. The molecule has 0 N–H and O–H groups in total. The molecule has 1 atom stereocenters. The van der Waals surface area contributed by atoms with Crippen molar-refractivity contribution in [2.45, 2.75) is 51.9 Å². The van der Waals surface area contributed by atoms with Crippen LogP contribution in [-0.4, -0.2) is 17.4 Å². The van der Waals surface area contributed by atoms with Gasteiger partial charge in [0.15, 0.2) is 17.4 Å². The van der Waals surface area contributed by atoms with E-state index in [0.717, 1.165) is 0 Å². The fraction of sp³-hybridized carbons (Fsp3) is 0.800. The van der Waals surface area contributed by atoms with E-state index in [0.29, 0.717) is 0 Å². The van der Waals surface area contributed by atoms with Gasteiger partial charge in [-0.25, -0.2) is 0 Å². The van der Waals surface area contributed by atoms with Crippen LogP contribution >= 0.6 is 0 Å². The van der Waals surface area contributed by atoms with E-state index < -0.39 is 17.4 Å². The third-order valence-electron chi connectivity index (χ3n) is 3.00. The average Bonchev–Trinajstić information content (AvgIpc) is 2.21. The molecule has 78 valence electrons. The lowest BCUT2D eigenvalue weighted by atomic mass is 10.9. The van der Waals surface area contributed by atoms with Crippen molar-refractivity contribution in [2.24, 2.45) is 0 Å². The van der Waals surface area contributed by atoms with Crippen molar-refractivity contribution >= 4 is 17.4 Å². The topological polar surface area (TPSA) is 9.23 Å². The zero-order valence-electron chi connectivity index (χ0n) is 9.60. The smallest absolute Gasteiger partial charge is 0.187 e. The molecule has 0 aliphatic heterocycles. The fourth-order valence-corrected chi connectivity index (χ4v) is 9.07. The molecule has 0 saturated heterocycles. The van der Waals surface area contributed by atoms with E-state index in [9.17, 15) is 0 Å². The molecule has 3 heteroatoms. The Morgan fingerprint density at radius 3 is 1.85 bits per heavy atom. The van der Waals surface area contributed by atoms with Gasteiger partial charge in [-0.1, -0.05) is 33.4 Å². The van der Waals surface area contributed by atoms with E-state index in [4.69, 9.17) is 4.12 Å². The molecule has 0 saturated carbocycles. The standard InChI is InChI=1S/C10H24OSi2/c1-6-12(7-2)11-13(8-3,9-4)10-5/h6,12H,1,7-10H2,2-5H3. The number of rotatable bonds is 7. The molecule has 0 aromatic heterocycles. The minimum atomic E-state index is -1.33. The van der Waals surface area contributed by atoms with E-state index in [1.54, 1.807) is 0 Å². The second-order valence-electron chi connectivity index (χ2n) is 3.54. The van der Waals surface area contributed by atoms with Crippen molar-refractivity contribution in [1.29, 1.82) is 0 Å². The summed E-state index contributed by atoms with van der Waals surface area (Å²) in [7, 11) is -2.38. The first-order valence-corrected chi connectivity index (χ1v) is 9.96. The van der Waals surface area contributed by atoms with Crippen molar-refractivity contribution in [3.8, 4) is 0 Å². The summed E-state index contributed by atoms with van der Waals surface area (Å²) in [4.78, 5) is 0. The minimum absolute atomic E-state index is 1.04. The normalized spacial score (nSPS) is 14.2. The molecule has 0 heterocycles. The Morgan fingerprint density at radius 1 is 1.15 bits per heavy atom. The highest BCUT2D eigenvalue weighted by atomic mass is 28.4. The highest BCUT2D eigenvalue weighted by Crippen LogP contribution is 2.23. The van der Waals surface area contributed by atoms with Crippen LogP contribution in [0.3, 0.4) is 0 Å². The molecule has 0 aromatic rings. The van der Waals surface area contributed by atoms with E-state index in [1.165, 1.54) is 24.2 Å². The molecule has 1 nitrogen and oxygen atoms in total. The first kappa shape index (κ1) is 13.1. The SMILES string of the molecule is C=C[SiH](CC)O[Si](CC)(CC)CC. The molecule has 0 rings (SSSR count).